The van der Waals surface area contributed by atoms with Gasteiger partial charge in [-0.2, -0.15) is 0 Å². The minimum Gasteiger partial charge on any atom is -0.207 e. The Morgan fingerprint density at radius 2 is 1.71 bits per heavy atom. The molecule has 2 unspecified atom stereocenters. The highest BCUT2D eigenvalue weighted by Gasteiger charge is 2.28. The van der Waals surface area contributed by atoms with Gasteiger partial charge in [-0.25, -0.2) is 13.1 Å². The summed E-state index contributed by atoms with van der Waals surface area (Å²) < 4.78 is 28.2. The Morgan fingerprint density at radius 3 is 2.52 bits per heavy atom. The predicted octanol–water partition coefficient (Wildman–Crippen LogP) is 3.67. The molecule has 2 atom stereocenters. The van der Waals surface area contributed by atoms with E-state index in [9.17, 15) is 8.42 Å². The molecule has 5 heteroatoms. The summed E-state index contributed by atoms with van der Waals surface area (Å²) >= 11 is 6.27. The number of nitrogens with one attached hydrogen (secondary N) is 1. The van der Waals surface area contributed by atoms with Gasteiger partial charge in [-0.15, -0.1) is 11.6 Å². The Kier molecular flexibility index (Phi) is 4.20. The van der Waals surface area contributed by atoms with Gasteiger partial charge in [-0.3, -0.25) is 0 Å². The maximum Gasteiger partial charge on any atom is 0.241 e. The van der Waals surface area contributed by atoms with E-state index in [0.29, 0.717) is 4.90 Å². The number of fused-ring (bicyclic) bond motifs is 1. The topological polar surface area (TPSA) is 46.2 Å². The number of sulfonamides is 1. The summed E-state index contributed by atoms with van der Waals surface area (Å²) in [4.78, 5) is 0.329. The Balaban J connectivity index is 1.97. The van der Waals surface area contributed by atoms with Gasteiger partial charge >= 0.3 is 0 Å². The summed E-state index contributed by atoms with van der Waals surface area (Å²) in [7, 11) is -3.55. The summed E-state index contributed by atoms with van der Waals surface area (Å²) in [5.41, 5.74) is 0. The van der Waals surface area contributed by atoms with Gasteiger partial charge in [0.05, 0.1) is 4.90 Å². The number of benzene rings is 2. The summed E-state index contributed by atoms with van der Waals surface area (Å²) in [6.07, 6.45) is 3.76. The monoisotopic (exact) mass is 323 g/mol. The van der Waals surface area contributed by atoms with E-state index in [0.717, 1.165) is 36.5 Å². The fourth-order valence-electron chi connectivity index (χ4n) is 2.91. The van der Waals surface area contributed by atoms with Crippen molar-refractivity contribution in [2.75, 3.05) is 0 Å². The number of halogens is 1. The highest BCUT2D eigenvalue weighted by atomic mass is 35.5. The predicted molar refractivity (Wildman–Crippen MR) is 86.2 cm³/mol. The molecule has 2 aromatic rings. The number of alkyl halides is 1. The van der Waals surface area contributed by atoms with E-state index in [4.69, 9.17) is 11.6 Å². The van der Waals surface area contributed by atoms with Crippen molar-refractivity contribution in [2.45, 2.75) is 42.0 Å². The van der Waals surface area contributed by atoms with Gasteiger partial charge in [0.25, 0.3) is 0 Å². The molecule has 1 N–H and O–H groups in total. The molecule has 21 heavy (non-hydrogen) atoms. The van der Waals surface area contributed by atoms with Crippen molar-refractivity contribution in [1.29, 1.82) is 0 Å². The largest absolute Gasteiger partial charge is 0.241 e. The molecule has 3 nitrogen and oxygen atoms in total. The van der Waals surface area contributed by atoms with Crippen molar-refractivity contribution < 1.29 is 8.42 Å². The molecule has 1 aliphatic rings. The maximum atomic E-state index is 12.7. The van der Waals surface area contributed by atoms with E-state index in [-0.39, 0.29) is 11.4 Å². The fraction of sp³-hybridized carbons (Fsp3) is 0.375. The first-order valence-corrected chi connectivity index (χ1v) is 9.14. The van der Waals surface area contributed by atoms with Crippen LogP contribution in [0, 0.1) is 0 Å². The Hall–Kier alpha value is -1.10. The molecule has 0 heterocycles. The van der Waals surface area contributed by atoms with Gasteiger partial charge in [0.15, 0.2) is 0 Å². The van der Waals surface area contributed by atoms with Crippen LogP contribution in [0.3, 0.4) is 0 Å². The lowest BCUT2D eigenvalue weighted by Gasteiger charge is -2.27. The summed E-state index contributed by atoms with van der Waals surface area (Å²) in [5, 5.41) is 1.55. The maximum absolute atomic E-state index is 12.7. The molecule has 0 saturated heterocycles. The van der Waals surface area contributed by atoms with Crippen LogP contribution in [0.2, 0.25) is 0 Å². The van der Waals surface area contributed by atoms with E-state index >= 15 is 0 Å². The second-order valence-electron chi connectivity index (χ2n) is 5.51. The molecule has 0 bridgehead atoms. The molecule has 3 rings (SSSR count). The Morgan fingerprint density at radius 1 is 1.00 bits per heavy atom. The van der Waals surface area contributed by atoms with Crippen molar-refractivity contribution in [2.24, 2.45) is 0 Å². The second-order valence-corrected chi connectivity index (χ2v) is 7.75. The van der Waals surface area contributed by atoms with E-state index in [1.54, 1.807) is 12.1 Å². The molecule has 0 spiro atoms. The molecular weight excluding hydrogens is 306 g/mol. The average molecular weight is 324 g/mol. The standard InChI is InChI=1S/C16H18ClNO2S/c17-14-9-3-4-10-15(14)18-21(19,20)16-11-5-7-12-6-1-2-8-13(12)16/h1-2,5-8,11,14-15,18H,3-4,9-10H2. The first-order valence-electron chi connectivity index (χ1n) is 7.22. The summed E-state index contributed by atoms with van der Waals surface area (Å²) in [6, 6.07) is 12.7. The first kappa shape index (κ1) is 14.8. The van der Waals surface area contributed by atoms with Crippen LogP contribution in [0.25, 0.3) is 10.8 Å². The lowest BCUT2D eigenvalue weighted by atomic mass is 9.96. The van der Waals surface area contributed by atoms with Crippen molar-refractivity contribution in [1.82, 2.24) is 4.72 Å². The van der Waals surface area contributed by atoms with Crippen LogP contribution in [0.5, 0.6) is 0 Å². The van der Waals surface area contributed by atoms with Crippen molar-refractivity contribution >= 4 is 32.4 Å². The molecule has 1 fully saturated rings. The molecule has 1 saturated carbocycles. The van der Waals surface area contributed by atoms with Crippen LogP contribution >= 0.6 is 11.6 Å². The first-order chi connectivity index (χ1) is 10.1. The van der Waals surface area contributed by atoms with Crippen LogP contribution in [0.15, 0.2) is 47.4 Å². The van der Waals surface area contributed by atoms with Gasteiger partial charge in [0, 0.05) is 16.8 Å². The lowest BCUT2D eigenvalue weighted by molar-refractivity contribution is 0.418. The minimum atomic E-state index is -3.55. The molecular formula is C16H18ClNO2S. The van der Waals surface area contributed by atoms with Crippen molar-refractivity contribution in [3.8, 4) is 0 Å². The molecule has 0 radical (unpaired) electrons. The second kappa shape index (κ2) is 5.95. The van der Waals surface area contributed by atoms with E-state index in [2.05, 4.69) is 4.72 Å². The van der Waals surface area contributed by atoms with Crippen molar-refractivity contribution in [3.63, 3.8) is 0 Å². The average Bonchev–Trinajstić information content (AvgIpc) is 2.49. The van der Waals surface area contributed by atoms with Gasteiger partial charge in [0.2, 0.25) is 10.0 Å². The van der Waals surface area contributed by atoms with Crippen LogP contribution < -0.4 is 4.72 Å². The fourth-order valence-corrected chi connectivity index (χ4v) is 4.87. The summed E-state index contributed by atoms with van der Waals surface area (Å²) in [5.74, 6) is 0. The number of rotatable bonds is 3. The highest BCUT2D eigenvalue weighted by Crippen LogP contribution is 2.27. The normalized spacial score (nSPS) is 23.3. The van der Waals surface area contributed by atoms with Gasteiger partial charge < -0.3 is 0 Å². The third kappa shape index (κ3) is 3.07. The third-order valence-corrected chi connectivity index (χ3v) is 6.10. The lowest BCUT2D eigenvalue weighted by Crippen LogP contribution is -2.42. The van der Waals surface area contributed by atoms with Gasteiger partial charge in [-0.05, 0) is 24.3 Å². The van der Waals surface area contributed by atoms with E-state index < -0.39 is 10.0 Å². The summed E-state index contributed by atoms with van der Waals surface area (Å²) in [6.45, 7) is 0. The SMILES string of the molecule is O=S(=O)(NC1CCCCC1Cl)c1cccc2ccccc12. The molecule has 2 aromatic carbocycles. The Labute approximate surface area is 130 Å². The van der Waals surface area contributed by atoms with E-state index in [1.165, 1.54) is 0 Å². The molecule has 0 aromatic heterocycles. The van der Waals surface area contributed by atoms with Crippen molar-refractivity contribution in [3.05, 3.63) is 42.5 Å². The number of hydrogen-bond donors (Lipinski definition) is 1. The van der Waals surface area contributed by atoms with E-state index in [1.807, 2.05) is 30.3 Å². The van der Waals surface area contributed by atoms with Gasteiger partial charge in [0.1, 0.15) is 0 Å². The molecule has 0 aliphatic heterocycles. The zero-order valence-corrected chi connectivity index (χ0v) is 13.2. The smallest absolute Gasteiger partial charge is 0.207 e. The molecule has 1 aliphatic carbocycles. The quantitative estimate of drug-likeness (QED) is 0.876. The van der Waals surface area contributed by atoms with Crippen LogP contribution in [-0.2, 0) is 10.0 Å². The molecule has 0 amide bonds. The Bertz CT molecular complexity index is 740. The van der Waals surface area contributed by atoms with Gasteiger partial charge in [-0.1, -0.05) is 49.2 Å². The zero-order valence-electron chi connectivity index (χ0n) is 11.6. The number of hydrogen-bond acceptors (Lipinski definition) is 2. The van der Waals surface area contributed by atoms with Crippen LogP contribution in [0.4, 0.5) is 0 Å². The highest BCUT2D eigenvalue weighted by molar-refractivity contribution is 7.89. The molecule has 112 valence electrons. The third-order valence-electron chi connectivity index (χ3n) is 4.03. The minimum absolute atomic E-state index is 0.122. The van der Waals surface area contributed by atoms with Crippen LogP contribution in [-0.4, -0.2) is 19.8 Å². The zero-order chi connectivity index (χ0) is 14.9. The van der Waals surface area contributed by atoms with Crippen LogP contribution in [0.1, 0.15) is 25.7 Å².